The van der Waals surface area contributed by atoms with Crippen molar-refractivity contribution in [2.45, 2.75) is 13.0 Å². The molecule has 0 spiro atoms. The molecule has 1 atom stereocenters. The zero-order chi connectivity index (χ0) is 13.4. The number of H-pyrrole nitrogens is 1. The maximum Gasteiger partial charge on any atom is 0.272 e. The fraction of sp³-hybridized carbons (Fsp3) is 0.364. The molecule has 0 aliphatic rings. The number of rotatable bonds is 2. The average molecular weight is 283 g/mol. The zero-order valence-electron chi connectivity index (χ0n) is 10.3. The van der Waals surface area contributed by atoms with E-state index < -0.39 is 6.04 Å². The van der Waals surface area contributed by atoms with Crippen LogP contribution in [0.1, 0.15) is 13.0 Å². The van der Waals surface area contributed by atoms with Gasteiger partial charge in [0.1, 0.15) is 10.7 Å². The molecule has 1 amide bonds. The Kier molecular flexibility index (Phi) is 3.36. The fourth-order valence-corrected chi connectivity index (χ4v) is 2.92. The van der Waals surface area contributed by atoms with Crippen LogP contribution >= 0.6 is 23.6 Å². The number of aromatic nitrogens is 2. The Morgan fingerprint density at radius 3 is 2.83 bits per heavy atom. The van der Waals surface area contributed by atoms with Gasteiger partial charge in [-0.05, 0) is 30.6 Å². The van der Waals surface area contributed by atoms with E-state index in [0.717, 1.165) is 5.52 Å². The number of fused-ring (bicyclic) bond motifs is 1. The Bertz CT molecular complexity index is 711. The lowest BCUT2D eigenvalue weighted by Gasteiger charge is -2.18. The molecule has 96 valence electrons. The van der Waals surface area contributed by atoms with Gasteiger partial charge in [0.25, 0.3) is 5.56 Å². The van der Waals surface area contributed by atoms with Gasteiger partial charge >= 0.3 is 0 Å². The minimum atomic E-state index is -0.609. The van der Waals surface area contributed by atoms with Crippen LogP contribution in [-0.2, 0) is 4.79 Å². The first-order valence-electron chi connectivity index (χ1n) is 5.36. The smallest absolute Gasteiger partial charge is 0.272 e. The van der Waals surface area contributed by atoms with Crippen LogP contribution in [0.5, 0.6) is 0 Å². The molecule has 0 saturated carbocycles. The van der Waals surface area contributed by atoms with E-state index in [1.54, 1.807) is 27.1 Å². The maximum absolute atomic E-state index is 12.3. The lowest BCUT2D eigenvalue weighted by molar-refractivity contribution is -0.131. The third kappa shape index (κ3) is 1.99. The molecule has 0 fully saturated rings. The first-order valence-corrected chi connectivity index (χ1v) is 6.65. The van der Waals surface area contributed by atoms with E-state index in [-0.39, 0.29) is 16.2 Å². The molecule has 18 heavy (non-hydrogen) atoms. The van der Waals surface area contributed by atoms with Gasteiger partial charge < -0.3 is 9.88 Å². The number of nitrogens with zero attached hydrogens (tertiary/aromatic N) is 2. The largest absolute Gasteiger partial charge is 0.347 e. The molecule has 2 aromatic heterocycles. The number of thiophene rings is 1. The van der Waals surface area contributed by atoms with Crippen LogP contribution in [0.2, 0.25) is 0 Å². The number of amides is 1. The minimum Gasteiger partial charge on any atom is -0.347 e. The van der Waals surface area contributed by atoms with Gasteiger partial charge in [-0.15, -0.1) is 11.3 Å². The highest BCUT2D eigenvalue weighted by Gasteiger charge is 2.20. The van der Waals surface area contributed by atoms with Gasteiger partial charge in [0, 0.05) is 14.1 Å². The summed E-state index contributed by atoms with van der Waals surface area (Å²) < 4.78 is 2.19. The Morgan fingerprint density at radius 1 is 1.56 bits per heavy atom. The van der Waals surface area contributed by atoms with Gasteiger partial charge in [-0.1, -0.05) is 0 Å². The van der Waals surface area contributed by atoms with Crippen molar-refractivity contribution >= 4 is 39.7 Å². The summed E-state index contributed by atoms with van der Waals surface area (Å²) >= 11 is 6.49. The summed E-state index contributed by atoms with van der Waals surface area (Å²) in [5.74, 6) is -0.160. The summed E-state index contributed by atoms with van der Waals surface area (Å²) in [6.07, 6.45) is 0. The summed E-state index contributed by atoms with van der Waals surface area (Å²) in [6.45, 7) is 1.67. The summed E-state index contributed by atoms with van der Waals surface area (Å²) in [5, 5.41) is 1.82. The van der Waals surface area contributed by atoms with Crippen LogP contribution in [-0.4, -0.2) is 34.5 Å². The summed E-state index contributed by atoms with van der Waals surface area (Å²) in [6, 6.07) is 1.20. The molecule has 1 N–H and O–H groups in total. The molecule has 5 nitrogen and oxygen atoms in total. The Morgan fingerprint density at radius 2 is 2.22 bits per heavy atom. The molecule has 7 heteroatoms. The molecule has 2 rings (SSSR count). The molecule has 2 heterocycles. The average Bonchev–Trinajstić information content (AvgIpc) is 2.75. The molecule has 1 unspecified atom stereocenters. The van der Waals surface area contributed by atoms with E-state index in [9.17, 15) is 9.59 Å². The number of carbonyl (C=O) groups is 1. The van der Waals surface area contributed by atoms with Crippen molar-refractivity contribution in [3.05, 3.63) is 26.6 Å². The van der Waals surface area contributed by atoms with Gasteiger partial charge in [0.2, 0.25) is 5.91 Å². The molecule has 0 aliphatic carbocycles. The molecule has 0 saturated heterocycles. The normalized spacial score (nSPS) is 12.6. The maximum atomic E-state index is 12.3. The summed E-state index contributed by atoms with van der Waals surface area (Å²) in [5.41, 5.74) is 0.502. The third-order valence-corrected chi connectivity index (χ3v) is 3.93. The first-order chi connectivity index (χ1) is 8.43. The lowest BCUT2D eigenvalue weighted by Crippen LogP contribution is -2.35. The highest BCUT2D eigenvalue weighted by Crippen LogP contribution is 2.16. The molecule has 0 aliphatic heterocycles. The van der Waals surface area contributed by atoms with E-state index in [0.29, 0.717) is 4.70 Å². The summed E-state index contributed by atoms with van der Waals surface area (Å²) in [7, 11) is 3.31. The molecular weight excluding hydrogens is 270 g/mol. The van der Waals surface area contributed by atoms with Gasteiger partial charge in [-0.25, -0.2) is 0 Å². The van der Waals surface area contributed by atoms with Gasteiger partial charge in [0.15, 0.2) is 4.77 Å². The molecule has 0 radical (unpaired) electrons. The van der Waals surface area contributed by atoms with Crippen LogP contribution in [0.4, 0.5) is 0 Å². The molecular formula is C11H13N3O2S2. The van der Waals surface area contributed by atoms with Crippen molar-refractivity contribution in [3.63, 3.8) is 0 Å². The number of hydrogen-bond acceptors (Lipinski definition) is 4. The number of likely N-dealkylation sites (N-methyl/N-ethyl adjacent to an activating group) is 1. The highest BCUT2D eigenvalue weighted by molar-refractivity contribution is 7.71. The van der Waals surface area contributed by atoms with Crippen molar-refractivity contribution in [2.75, 3.05) is 14.1 Å². The Hall–Kier alpha value is -1.47. The van der Waals surface area contributed by atoms with E-state index >= 15 is 0 Å². The number of hydrogen-bond donors (Lipinski definition) is 1. The second kappa shape index (κ2) is 4.66. The molecule has 0 bridgehead atoms. The first kappa shape index (κ1) is 13.0. The second-order valence-electron chi connectivity index (χ2n) is 4.18. The monoisotopic (exact) mass is 283 g/mol. The highest BCUT2D eigenvalue weighted by atomic mass is 32.1. The predicted octanol–water partition coefficient (Wildman–Crippen LogP) is 1.77. The van der Waals surface area contributed by atoms with Crippen molar-refractivity contribution in [1.82, 2.24) is 14.5 Å². The van der Waals surface area contributed by atoms with Gasteiger partial charge in [-0.3, -0.25) is 14.2 Å². The second-order valence-corrected chi connectivity index (χ2v) is 5.48. The third-order valence-electron chi connectivity index (χ3n) is 2.72. The molecule has 2 aromatic rings. The van der Waals surface area contributed by atoms with E-state index in [2.05, 4.69) is 4.98 Å². The van der Waals surface area contributed by atoms with Crippen molar-refractivity contribution < 1.29 is 4.79 Å². The number of aromatic amines is 1. The van der Waals surface area contributed by atoms with Crippen LogP contribution in [0.3, 0.4) is 0 Å². The predicted molar refractivity (Wildman–Crippen MR) is 74.7 cm³/mol. The van der Waals surface area contributed by atoms with Gasteiger partial charge in [-0.2, -0.15) is 0 Å². The van der Waals surface area contributed by atoms with Crippen LogP contribution in [0.15, 0.2) is 16.2 Å². The quantitative estimate of drug-likeness (QED) is 0.855. The van der Waals surface area contributed by atoms with E-state index in [4.69, 9.17) is 12.2 Å². The van der Waals surface area contributed by atoms with Gasteiger partial charge in [0.05, 0.1) is 5.52 Å². The van der Waals surface area contributed by atoms with E-state index in [1.165, 1.54) is 20.8 Å². The SMILES string of the molecule is CC(C(=O)N(C)C)n1c(=S)[nH]c2ccsc2c1=O. The molecule has 0 aromatic carbocycles. The van der Waals surface area contributed by atoms with Crippen molar-refractivity contribution in [3.8, 4) is 0 Å². The van der Waals surface area contributed by atoms with Crippen molar-refractivity contribution in [1.29, 1.82) is 0 Å². The fourth-order valence-electron chi connectivity index (χ4n) is 1.79. The Balaban J connectivity index is 2.68. The zero-order valence-corrected chi connectivity index (χ0v) is 11.9. The van der Waals surface area contributed by atoms with Crippen molar-refractivity contribution in [2.24, 2.45) is 0 Å². The lowest BCUT2D eigenvalue weighted by atomic mass is 10.3. The summed E-state index contributed by atoms with van der Waals surface area (Å²) in [4.78, 5) is 28.6. The number of nitrogens with one attached hydrogen (secondary N) is 1. The standard InChI is InChI=1S/C11H13N3O2S2/c1-6(9(15)13(2)3)14-10(16)8-7(4-5-18-8)12-11(14)17/h4-6H,1-3H3,(H,12,17). The minimum absolute atomic E-state index is 0.160. The van der Waals surface area contributed by atoms with Crippen LogP contribution in [0.25, 0.3) is 10.2 Å². The number of carbonyl (C=O) groups excluding carboxylic acids is 1. The topological polar surface area (TPSA) is 58.1 Å². The van der Waals surface area contributed by atoms with E-state index in [1.807, 2.05) is 5.38 Å². The van der Waals surface area contributed by atoms with Crippen LogP contribution in [0, 0.1) is 4.77 Å². The Labute approximate surface area is 113 Å². The van der Waals surface area contributed by atoms with Crippen LogP contribution < -0.4 is 5.56 Å².